The van der Waals surface area contributed by atoms with E-state index in [1.807, 2.05) is 0 Å². The highest BCUT2D eigenvalue weighted by molar-refractivity contribution is 6.18. The molecule has 0 radical (unpaired) electrons. The number of rotatable bonds is 3. The van der Waals surface area contributed by atoms with Crippen LogP contribution in [0, 0.1) is 12.3 Å². The summed E-state index contributed by atoms with van der Waals surface area (Å²) in [6, 6.07) is 8.68. The van der Waals surface area contributed by atoms with Crippen molar-refractivity contribution in [2.75, 3.05) is 12.5 Å². The lowest BCUT2D eigenvalue weighted by Gasteiger charge is -2.30. The number of ether oxygens (including phenoxy) is 1. The van der Waals surface area contributed by atoms with E-state index in [0.29, 0.717) is 5.88 Å². The third kappa shape index (κ3) is 2.26. The topological polar surface area (TPSA) is 9.23 Å². The Morgan fingerprint density at radius 2 is 2.31 bits per heavy atom. The van der Waals surface area contributed by atoms with Crippen molar-refractivity contribution in [1.82, 2.24) is 0 Å². The first-order valence-electron chi connectivity index (χ1n) is 5.89. The highest BCUT2D eigenvalue weighted by Crippen LogP contribution is 2.39. The van der Waals surface area contributed by atoms with Crippen LogP contribution in [-0.2, 0) is 11.2 Å². The number of hydrogen-bond donors (Lipinski definition) is 0. The Kier molecular flexibility index (Phi) is 3.56. The molecule has 0 N–H and O–H groups in total. The highest BCUT2D eigenvalue weighted by Gasteiger charge is 2.40. The van der Waals surface area contributed by atoms with Gasteiger partial charge in [-0.25, -0.2) is 0 Å². The Morgan fingerprint density at radius 1 is 1.50 bits per heavy atom. The van der Waals surface area contributed by atoms with Gasteiger partial charge in [0.2, 0.25) is 0 Å². The molecule has 0 amide bonds. The van der Waals surface area contributed by atoms with Crippen molar-refractivity contribution in [1.29, 1.82) is 0 Å². The average Bonchev–Trinajstić information content (AvgIpc) is 2.61. The summed E-state index contributed by atoms with van der Waals surface area (Å²) >= 11 is 6.17. The number of hydrogen-bond acceptors (Lipinski definition) is 1. The largest absolute Gasteiger partial charge is 0.378 e. The number of halogens is 1. The van der Waals surface area contributed by atoms with Crippen LogP contribution in [0.4, 0.5) is 0 Å². The van der Waals surface area contributed by atoms with Gasteiger partial charge in [0.25, 0.3) is 0 Å². The Balaban J connectivity index is 2.18. The summed E-state index contributed by atoms with van der Waals surface area (Å²) in [5.41, 5.74) is 2.82. The predicted octanol–water partition coefficient (Wildman–Crippen LogP) is 3.57. The maximum Gasteiger partial charge on any atom is 0.0618 e. The minimum atomic E-state index is 0.134. The van der Waals surface area contributed by atoms with E-state index in [4.69, 9.17) is 16.3 Å². The van der Waals surface area contributed by atoms with E-state index in [1.165, 1.54) is 11.1 Å². The fourth-order valence-corrected chi connectivity index (χ4v) is 2.95. The fourth-order valence-electron chi connectivity index (χ4n) is 2.50. The van der Waals surface area contributed by atoms with E-state index in [0.717, 1.165) is 19.4 Å². The van der Waals surface area contributed by atoms with E-state index in [1.54, 1.807) is 0 Å². The average molecular weight is 239 g/mol. The number of alkyl halides is 1. The molecule has 0 saturated carbocycles. The molecule has 1 aliphatic rings. The minimum absolute atomic E-state index is 0.134. The van der Waals surface area contributed by atoms with E-state index in [-0.39, 0.29) is 11.5 Å². The summed E-state index contributed by atoms with van der Waals surface area (Å²) in [6.45, 7) is 5.12. The third-order valence-corrected chi connectivity index (χ3v) is 4.27. The zero-order chi connectivity index (χ0) is 11.6. The van der Waals surface area contributed by atoms with Crippen LogP contribution in [0.1, 0.15) is 24.5 Å². The second-order valence-corrected chi connectivity index (χ2v) is 5.19. The maximum atomic E-state index is 6.17. The maximum absolute atomic E-state index is 6.17. The Hall–Kier alpha value is -0.530. The van der Waals surface area contributed by atoms with Gasteiger partial charge in [-0.15, -0.1) is 11.6 Å². The summed E-state index contributed by atoms with van der Waals surface area (Å²) < 4.78 is 5.68. The molecule has 88 valence electrons. The lowest BCUT2D eigenvalue weighted by Crippen LogP contribution is -2.33. The van der Waals surface area contributed by atoms with Crippen LogP contribution < -0.4 is 0 Å². The summed E-state index contributed by atoms with van der Waals surface area (Å²) in [4.78, 5) is 0. The molecule has 0 bridgehead atoms. The first-order chi connectivity index (χ1) is 7.66. The van der Waals surface area contributed by atoms with Gasteiger partial charge in [-0.3, -0.25) is 0 Å². The van der Waals surface area contributed by atoms with Gasteiger partial charge in [0.15, 0.2) is 0 Å². The van der Waals surface area contributed by atoms with Crippen LogP contribution in [0.5, 0.6) is 0 Å². The zero-order valence-electron chi connectivity index (χ0n) is 10.0. The molecule has 1 aromatic carbocycles. The van der Waals surface area contributed by atoms with Gasteiger partial charge in [0.1, 0.15) is 0 Å². The molecule has 2 rings (SSSR count). The van der Waals surface area contributed by atoms with Crippen molar-refractivity contribution >= 4 is 11.6 Å². The molecule has 2 heteroatoms. The van der Waals surface area contributed by atoms with Crippen LogP contribution in [0.15, 0.2) is 24.3 Å². The number of benzene rings is 1. The first-order valence-corrected chi connectivity index (χ1v) is 6.43. The molecular formula is C14H19ClO. The van der Waals surface area contributed by atoms with Crippen LogP contribution >= 0.6 is 11.6 Å². The second-order valence-electron chi connectivity index (χ2n) is 4.92. The molecule has 1 aromatic rings. The molecule has 16 heavy (non-hydrogen) atoms. The van der Waals surface area contributed by atoms with Crippen LogP contribution in [0.3, 0.4) is 0 Å². The Morgan fingerprint density at radius 3 is 2.88 bits per heavy atom. The number of aryl methyl sites for hydroxylation is 1. The lowest BCUT2D eigenvalue weighted by molar-refractivity contribution is 0.0735. The minimum Gasteiger partial charge on any atom is -0.378 e. The second kappa shape index (κ2) is 4.77. The van der Waals surface area contributed by atoms with Gasteiger partial charge in [-0.05, 0) is 32.3 Å². The molecule has 2 atom stereocenters. The summed E-state index contributed by atoms with van der Waals surface area (Å²) in [7, 11) is 0. The smallest absolute Gasteiger partial charge is 0.0618 e. The van der Waals surface area contributed by atoms with Gasteiger partial charge in [0, 0.05) is 17.9 Å². The van der Waals surface area contributed by atoms with Gasteiger partial charge >= 0.3 is 0 Å². The van der Waals surface area contributed by atoms with E-state index in [2.05, 4.69) is 38.1 Å². The Labute approximate surface area is 103 Å². The standard InChI is InChI=1S/C14H19ClO/c1-11-4-3-5-13(8-11)9-14(10-15)6-7-16-12(14)2/h3-5,8,12H,6-7,9-10H2,1-2H3. The van der Waals surface area contributed by atoms with E-state index >= 15 is 0 Å². The quantitative estimate of drug-likeness (QED) is 0.732. The Bertz CT molecular complexity index is 364. The van der Waals surface area contributed by atoms with Gasteiger partial charge in [0.05, 0.1) is 6.10 Å². The van der Waals surface area contributed by atoms with Crippen molar-refractivity contribution in [3.8, 4) is 0 Å². The van der Waals surface area contributed by atoms with Crippen LogP contribution in [0.2, 0.25) is 0 Å². The van der Waals surface area contributed by atoms with Crippen molar-refractivity contribution in [3.05, 3.63) is 35.4 Å². The van der Waals surface area contributed by atoms with E-state index in [9.17, 15) is 0 Å². The summed E-state index contributed by atoms with van der Waals surface area (Å²) in [6.07, 6.45) is 2.37. The molecule has 2 unspecified atom stereocenters. The fraction of sp³-hybridized carbons (Fsp3) is 0.571. The normalized spacial score (nSPS) is 29.6. The molecule has 0 spiro atoms. The van der Waals surface area contributed by atoms with Gasteiger partial charge in [-0.2, -0.15) is 0 Å². The zero-order valence-corrected chi connectivity index (χ0v) is 10.8. The first kappa shape index (κ1) is 11.9. The van der Waals surface area contributed by atoms with Gasteiger partial charge in [-0.1, -0.05) is 29.8 Å². The van der Waals surface area contributed by atoms with Crippen molar-refractivity contribution in [2.24, 2.45) is 5.41 Å². The SMILES string of the molecule is Cc1cccc(CC2(CCl)CCOC2C)c1. The molecule has 1 saturated heterocycles. The molecule has 1 nitrogen and oxygen atoms in total. The predicted molar refractivity (Wildman–Crippen MR) is 68.1 cm³/mol. The highest BCUT2D eigenvalue weighted by atomic mass is 35.5. The lowest BCUT2D eigenvalue weighted by atomic mass is 9.78. The molecular weight excluding hydrogens is 220 g/mol. The summed E-state index contributed by atoms with van der Waals surface area (Å²) in [5, 5.41) is 0. The summed E-state index contributed by atoms with van der Waals surface area (Å²) in [5.74, 6) is 0.683. The molecule has 0 aromatic heterocycles. The third-order valence-electron chi connectivity index (χ3n) is 3.73. The van der Waals surface area contributed by atoms with Crippen molar-refractivity contribution in [3.63, 3.8) is 0 Å². The molecule has 1 fully saturated rings. The van der Waals surface area contributed by atoms with Gasteiger partial charge < -0.3 is 4.74 Å². The van der Waals surface area contributed by atoms with Crippen molar-refractivity contribution < 1.29 is 4.74 Å². The van der Waals surface area contributed by atoms with Crippen molar-refractivity contribution in [2.45, 2.75) is 32.8 Å². The molecule has 0 aliphatic carbocycles. The molecule has 1 aliphatic heterocycles. The van der Waals surface area contributed by atoms with Crippen LogP contribution in [0.25, 0.3) is 0 Å². The monoisotopic (exact) mass is 238 g/mol. The van der Waals surface area contributed by atoms with E-state index < -0.39 is 0 Å². The molecule has 1 heterocycles. The van der Waals surface area contributed by atoms with Crippen LogP contribution in [-0.4, -0.2) is 18.6 Å².